The Morgan fingerprint density at radius 1 is 1.00 bits per heavy atom. The first-order valence-corrected chi connectivity index (χ1v) is 11.5. The first kappa shape index (κ1) is 25.5. The van der Waals surface area contributed by atoms with Gasteiger partial charge < -0.3 is 24.3 Å². The summed E-state index contributed by atoms with van der Waals surface area (Å²) in [6, 6.07) is 12.1. The average molecular weight is 567 g/mol. The molecule has 1 N–H and O–H groups in total. The van der Waals surface area contributed by atoms with Crippen molar-refractivity contribution in [3.8, 4) is 0 Å². The molecule has 3 heterocycles. The summed E-state index contributed by atoms with van der Waals surface area (Å²) in [7, 11) is 0. The van der Waals surface area contributed by atoms with E-state index < -0.39 is 0 Å². The first-order chi connectivity index (χ1) is 15.7. The number of hydrogen-bond donors (Lipinski definition) is 1. The van der Waals surface area contributed by atoms with Gasteiger partial charge in [-0.3, -0.25) is 9.69 Å². The highest BCUT2D eigenvalue weighted by Crippen LogP contribution is 2.13. The Bertz CT molecular complexity index is 891. The molecule has 8 nitrogen and oxygen atoms in total. The van der Waals surface area contributed by atoms with Crippen molar-refractivity contribution >= 4 is 35.8 Å². The normalized spacial score (nSPS) is 17.5. The average Bonchev–Trinajstić information content (AvgIpc) is 3.37. The van der Waals surface area contributed by atoms with Gasteiger partial charge in [-0.2, -0.15) is 0 Å². The van der Waals surface area contributed by atoms with Gasteiger partial charge in [0.15, 0.2) is 11.7 Å². The van der Waals surface area contributed by atoms with Crippen LogP contribution in [-0.2, 0) is 17.8 Å². The summed E-state index contributed by atoms with van der Waals surface area (Å²) < 4.78 is 10.7. The molecule has 0 bridgehead atoms. The number of guanidine groups is 1. The number of benzene rings is 1. The fourth-order valence-corrected chi connectivity index (χ4v) is 4.11. The molecule has 0 radical (unpaired) electrons. The Kier molecular flexibility index (Phi) is 10.0. The first-order valence-electron chi connectivity index (χ1n) is 11.5. The third-order valence-corrected chi connectivity index (χ3v) is 5.85. The number of ether oxygens (including phenoxy) is 1. The van der Waals surface area contributed by atoms with E-state index in [0.717, 1.165) is 58.4 Å². The van der Waals surface area contributed by atoms with E-state index in [1.54, 1.807) is 12.1 Å². The van der Waals surface area contributed by atoms with Gasteiger partial charge in [0.1, 0.15) is 0 Å². The fourth-order valence-electron chi connectivity index (χ4n) is 4.11. The minimum absolute atomic E-state index is 0. The van der Waals surface area contributed by atoms with Crippen LogP contribution in [0.3, 0.4) is 0 Å². The maximum absolute atomic E-state index is 12.5. The summed E-state index contributed by atoms with van der Waals surface area (Å²) in [6.07, 6.45) is 1.54. The second kappa shape index (κ2) is 13.0. The van der Waals surface area contributed by atoms with Crippen molar-refractivity contribution in [3.05, 3.63) is 59.5 Å². The minimum atomic E-state index is -0.0475. The van der Waals surface area contributed by atoms with Crippen LogP contribution >= 0.6 is 24.0 Å². The van der Waals surface area contributed by atoms with Crippen molar-refractivity contribution < 1.29 is 13.9 Å². The van der Waals surface area contributed by atoms with Crippen LogP contribution in [0.2, 0.25) is 0 Å². The largest absolute Gasteiger partial charge is 0.459 e. The standard InChI is InChI=1S/C24H33N5O3.HI/c1-2-25-24(29-10-8-28(9-11-29)23(30)22-7-4-14-32-22)26-18-20-5-3-6-21(17-20)19-27-12-15-31-16-13-27;/h3-7,14,17H,2,8-13,15-16,18-19H2,1H3,(H,25,26);1H. The second-order valence-electron chi connectivity index (χ2n) is 8.14. The van der Waals surface area contributed by atoms with Crippen LogP contribution in [0.15, 0.2) is 52.1 Å². The molecule has 2 aliphatic rings. The Balaban J connectivity index is 0.00000306. The lowest BCUT2D eigenvalue weighted by Crippen LogP contribution is -2.53. The molecule has 1 aromatic carbocycles. The number of halogens is 1. The third kappa shape index (κ3) is 7.18. The van der Waals surface area contributed by atoms with Gasteiger partial charge in [-0.15, -0.1) is 24.0 Å². The molecule has 9 heteroatoms. The second-order valence-corrected chi connectivity index (χ2v) is 8.14. The van der Waals surface area contributed by atoms with Gasteiger partial charge in [0.25, 0.3) is 5.91 Å². The van der Waals surface area contributed by atoms with Crippen LogP contribution in [0.25, 0.3) is 0 Å². The van der Waals surface area contributed by atoms with Crippen LogP contribution in [0.1, 0.15) is 28.6 Å². The summed E-state index contributed by atoms with van der Waals surface area (Å²) >= 11 is 0. The predicted octanol–water partition coefficient (Wildman–Crippen LogP) is 2.65. The monoisotopic (exact) mass is 567 g/mol. The number of carbonyl (C=O) groups excluding carboxylic acids is 1. The molecular weight excluding hydrogens is 533 g/mol. The number of hydrogen-bond acceptors (Lipinski definition) is 5. The molecule has 0 spiro atoms. The quantitative estimate of drug-likeness (QED) is 0.329. The highest BCUT2D eigenvalue weighted by atomic mass is 127. The molecular formula is C24H34IN5O3. The molecule has 2 aromatic rings. The Morgan fingerprint density at radius 2 is 1.73 bits per heavy atom. The summed E-state index contributed by atoms with van der Waals surface area (Å²) in [6.45, 7) is 10.9. The number of carbonyl (C=O) groups is 1. The van der Waals surface area contributed by atoms with Crippen LogP contribution in [-0.4, -0.2) is 85.6 Å². The lowest BCUT2D eigenvalue weighted by Gasteiger charge is -2.36. The minimum Gasteiger partial charge on any atom is -0.459 e. The fraction of sp³-hybridized carbons (Fsp3) is 0.500. The summed E-state index contributed by atoms with van der Waals surface area (Å²) in [5, 5.41) is 3.41. The van der Waals surface area contributed by atoms with Gasteiger partial charge in [0.2, 0.25) is 0 Å². The van der Waals surface area contributed by atoms with Gasteiger partial charge in [-0.05, 0) is 30.2 Å². The van der Waals surface area contributed by atoms with E-state index in [1.807, 2.05) is 4.90 Å². The SMILES string of the molecule is CCNC(=NCc1cccc(CN2CCOCC2)c1)N1CCN(C(=O)c2ccco2)CC1.I. The van der Waals surface area contributed by atoms with Gasteiger partial charge >= 0.3 is 0 Å². The molecule has 2 aliphatic heterocycles. The van der Waals surface area contributed by atoms with Crippen molar-refractivity contribution in [2.45, 2.75) is 20.0 Å². The Labute approximate surface area is 213 Å². The molecule has 0 unspecified atom stereocenters. The van der Waals surface area contributed by atoms with Crippen molar-refractivity contribution in [2.75, 3.05) is 59.0 Å². The lowest BCUT2D eigenvalue weighted by molar-refractivity contribution is 0.0342. The molecule has 2 saturated heterocycles. The molecule has 0 aliphatic carbocycles. The van der Waals surface area contributed by atoms with Gasteiger partial charge in [0, 0.05) is 52.4 Å². The van der Waals surface area contributed by atoms with E-state index in [2.05, 4.69) is 46.3 Å². The predicted molar refractivity (Wildman–Crippen MR) is 139 cm³/mol. The van der Waals surface area contributed by atoms with Gasteiger partial charge in [0.05, 0.1) is 26.0 Å². The number of furan rings is 1. The van der Waals surface area contributed by atoms with E-state index in [1.165, 1.54) is 17.4 Å². The van der Waals surface area contributed by atoms with Crippen molar-refractivity contribution in [2.24, 2.45) is 4.99 Å². The molecule has 0 atom stereocenters. The Morgan fingerprint density at radius 3 is 2.42 bits per heavy atom. The molecule has 0 saturated carbocycles. The van der Waals surface area contributed by atoms with Crippen LogP contribution in [0, 0.1) is 0 Å². The summed E-state index contributed by atoms with van der Waals surface area (Å²) in [5.41, 5.74) is 2.52. The molecule has 2 fully saturated rings. The molecule has 4 rings (SSSR count). The number of piperazine rings is 1. The van der Waals surface area contributed by atoms with Crippen molar-refractivity contribution in [1.29, 1.82) is 0 Å². The van der Waals surface area contributed by atoms with E-state index >= 15 is 0 Å². The molecule has 33 heavy (non-hydrogen) atoms. The zero-order valence-electron chi connectivity index (χ0n) is 19.2. The van der Waals surface area contributed by atoms with E-state index in [9.17, 15) is 4.79 Å². The number of aliphatic imine (C=N–C) groups is 1. The van der Waals surface area contributed by atoms with E-state index in [0.29, 0.717) is 25.4 Å². The maximum Gasteiger partial charge on any atom is 0.289 e. The molecule has 1 amide bonds. The number of nitrogens with zero attached hydrogens (tertiary/aromatic N) is 4. The summed E-state index contributed by atoms with van der Waals surface area (Å²) in [5.74, 6) is 1.25. The van der Waals surface area contributed by atoms with Crippen LogP contribution in [0.4, 0.5) is 0 Å². The zero-order chi connectivity index (χ0) is 22.2. The smallest absolute Gasteiger partial charge is 0.289 e. The van der Waals surface area contributed by atoms with Crippen molar-refractivity contribution in [3.63, 3.8) is 0 Å². The van der Waals surface area contributed by atoms with Gasteiger partial charge in [-0.1, -0.05) is 24.3 Å². The van der Waals surface area contributed by atoms with Crippen LogP contribution < -0.4 is 5.32 Å². The molecule has 1 aromatic heterocycles. The topological polar surface area (TPSA) is 73.6 Å². The molecule has 180 valence electrons. The number of amides is 1. The highest BCUT2D eigenvalue weighted by molar-refractivity contribution is 14.0. The summed E-state index contributed by atoms with van der Waals surface area (Å²) in [4.78, 5) is 23.9. The number of morpholine rings is 1. The maximum atomic E-state index is 12.5. The zero-order valence-corrected chi connectivity index (χ0v) is 21.6. The Hall–Kier alpha value is -2.11. The van der Waals surface area contributed by atoms with E-state index in [-0.39, 0.29) is 29.9 Å². The highest BCUT2D eigenvalue weighted by Gasteiger charge is 2.25. The number of rotatable bonds is 6. The third-order valence-electron chi connectivity index (χ3n) is 5.85. The number of nitrogens with one attached hydrogen (secondary N) is 1. The van der Waals surface area contributed by atoms with Crippen molar-refractivity contribution in [1.82, 2.24) is 20.0 Å². The van der Waals surface area contributed by atoms with Crippen LogP contribution in [0.5, 0.6) is 0 Å². The van der Waals surface area contributed by atoms with E-state index in [4.69, 9.17) is 14.1 Å². The lowest BCUT2D eigenvalue weighted by atomic mass is 10.1. The van der Waals surface area contributed by atoms with Gasteiger partial charge in [-0.25, -0.2) is 4.99 Å².